The highest BCUT2D eigenvalue weighted by atomic mass is 16.6. The summed E-state index contributed by atoms with van der Waals surface area (Å²) in [5.74, 6) is 0. The van der Waals surface area contributed by atoms with Crippen molar-refractivity contribution in [1.82, 2.24) is 26.4 Å². The van der Waals surface area contributed by atoms with E-state index in [-0.39, 0.29) is 12.2 Å². The summed E-state index contributed by atoms with van der Waals surface area (Å²) in [6.45, 7) is 12.0. The van der Waals surface area contributed by atoms with E-state index in [0.717, 1.165) is 64.0 Å². The van der Waals surface area contributed by atoms with Crippen molar-refractivity contribution in [2.24, 2.45) is 0 Å². The maximum Gasteiger partial charge on any atom is 0.414 e. The average Bonchev–Trinajstić information content (AvgIpc) is 3.15. The Morgan fingerprint density at radius 1 is 1.20 bits per heavy atom. The first kappa shape index (κ1) is 27.1. The number of hydrogen-bond donors (Lipinski definition) is 4. The van der Waals surface area contributed by atoms with E-state index in [1.165, 1.54) is 29.3 Å². The minimum atomic E-state index is -0.250. The first-order valence-corrected chi connectivity index (χ1v) is 13.0. The Hall–Kier alpha value is -2.46. The quantitative estimate of drug-likeness (QED) is 0.479. The van der Waals surface area contributed by atoms with Crippen LogP contribution in [0.4, 0.5) is 10.5 Å². The number of fused-ring (bicyclic) bond motifs is 2. The van der Waals surface area contributed by atoms with Gasteiger partial charge in [-0.2, -0.15) is 0 Å². The predicted molar refractivity (Wildman–Crippen MR) is 140 cm³/mol. The van der Waals surface area contributed by atoms with Crippen LogP contribution in [0.25, 0.3) is 5.70 Å². The third-order valence-corrected chi connectivity index (χ3v) is 6.69. The van der Waals surface area contributed by atoms with Gasteiger partial charge in [0.05, 0.1) is 12.2 Å². The van der Waals surface area contributed by atoms with Crippen LogP contribution in [-0.2, 0) is 16.0 Å². The fourth-order valence-electron chi connectivity index (χ4n) is 5.22. The zero-order chi connectivity index (χ0) is 25.2. The minimum absolute atomic E-state index is 0.0976. The Kier molecular flexibility index (Phi) is 10.5. The number of carbonyl (C=O) groups is 2. The van der Waals surface area contributed by atoms with Crippen LogP contribution in [0, 0.1) is 0 Å². The molecule has 1 aliphatic carbocycles. The van der Waals surface area contributed by atoms with Crippen molar-refractivity contribution in [3.8, 4) is 0 Å². The molecular formula is C26H42N6O3. The third-order valence-electron chi connectivity index (χ3n) is 6.69. The van der Waals surface area contributed by atoms with Crippen LogP contribution >= 0.6 is 0 Å². The van der Waals surface area contributed by atoms with E-state index in [4.69, 9.17) is 9.53 Å². The summed E-state index contributed by atoms with van der Waals surface area (Å²) in [7, 11) is 1.88. The van der Waals surface area contributed by atoms with Crippen LogP contribution in [0.15, 0.2) is 23.8 Å². The van der Waals surface area contributed by atoms with E-state index in [2.05, 4.69) is 44.6 Å². The second kappa shape index (κ2) is 13.6. The zero-order valence-electron chi connectivity index (χ0n) is 21.7. The van der Waals surface area contributed by atoms with E-state index in [1.54, 1.807) is 4.90 Å². The van der Waals surface area contributed by atoms with Gasteiger partial charge in [0.25, 0.3) is 0 Å². The molecule has 0 bridgehead atoms. The molecule has 9 nitrogen and oxygen atoms in total. The number of aldehydes is 1. The number of amides is 1. The number of hydrazine groups is 1. The number of aryl methyl sites for hydroxylation is 1. The van der Waals surface area contributed by atoms with E-state index in [9.17, 15) is 4.79 Å². The second-order valence-electron chi connectivity index (χ2n) is 8.81. The van der Waals surface area contributed by atoms with Crippen molar-refractivity contribution in [3.05, 3.63) is 34.9 Å². The average molecular weight is 487 g/mol. The Morgan fingerprint density at radius 3 is 2.66 bits per heavy atom. The number of nitrogens with one attached hydrogen (secondary N) is 4. The Labute approximate surface area is 209 Å². The molecule has 4 aliphatic rings. The van der Waals surface area contributed by atoms with Gasteiger partial charge in [0.2, 0.25) is 0 Å². The minimum Gasteiger partial charge on any atom is -0.443 e. The van der Waals surface area contributed by atoms with E-state index in [0.29, 0.717) is 19.1 Å². The lowest BCUT2D eigenvalue weighted by Crippen LogP contribution is -2.56. The number of carbonyl (C=O) groups excluding carboxylic acids is 2. The van der Waals surface area contributed by atoms with Gasteiger partial charge in [-0.1, -0.05) is 19.9 Å². The maximum absolute atomic E-state index is 12.4. The first-order chi connectivity index (χ1) is 17.2. The standard InChI is InChI=1S/C22H32N6O2.C2H4O.C2H6/c1-23-12-17-14-28(22(29)30-17)16-5-6-18-15(11-16)3-2-4-19-20(13-25-26-21(18)19)27-9-7-24-8-10-27;1-2-3;1-2/h5-6,11,17,20,23-26H,2-4,7-10,12-14H2,1H3;2H,1H3;1-2H3. The van der Waals surface area contributed by atoms with Gasteiger partial charge in [0.1, 0.15) is 12.4 Å². The lowest BCUT2D eigenvalue weighted by atomic mass is 9.94. The lowest BCUT2D eigenvalue weighted by Gasteiger charge is -2.40. The Bertz CT molecular complexity index is 884. The normalized spacial score (nSPS) is 23.9. The molecule has 0 spiro atoms. The Morgan fingerprint density at radius 2 is 1.94 bits per heavy atom. The summed E-state index contributed by atoms with van der Waals surface area (Å²) in [6.07, 6.45) is 3.67. The number of rotatable bonds is 4. The molecule has 3 aliphatic heterocycles. The van der Waals surface area contributed by atoms with Gasteiger partial charge in [-0.3, -0.25) is 9.80 Å². The number of piperazine rings is 1. The molecule has 5 rings (SSSR count). The number of hydrogen-bond acceptors (Lipinski definition) is 8. The summed E-state index contributed by atoms with van der Waals surface area (Å²) in [6, 6.07) is 6.88. The summed E-state index contributed by atoms with van der Waals surface area (Å²) in [5, 5.41) is 6.55. The fourth-order valence-corrected chi connectivity index (χ4v) is 5.22. The van der Waals surface area contributed by atoms with Gasteiger partial charge in [-0.05, 0) is 56.5 Å². The SMILES string of the molecule is CC.CC=O.CNCC1CN(c2ccc3c(c2)CCCC2=C3NNCC2N2CCNCC2)C(=O)O1. The number of ether oxygens (including phenoxy) is 1. The van der Waals surface area contributed by atoms with Crippen LogP contribution in [0.3, 0.4) is 0 Å². The van der Waals surface area contributed by atoms with Crippen molar-refractivity contribution in [3.63, 3.8) is 0 Å². The lowest BCUT2D eigenvalue weighted by molar-refractivity contribution is -0.106. The van der Waals surface area contributed by atoms with Crippen molar-refractivity contribution >= 4 is 23.8 Å². The number of benzene rings is 1. The van der Waals surface area contributed by atoms with Crippen molar-refractivity contribution in [1.29, 1.82) is 0 Å². The molecule has 2 unspecified atom stereocenters. The van der Waals surface area contributed by atoms with Crippen LogP contribution < -0.4 is 26.4 Å². The number of likely N-dealkylation sites (N-methyl/N-ethyl adjacent to an activating group) is 1. The predicted octanol–water partition coefficient (Wildman–Crippen LogP) is 1.89. The van der Waals surface area contributed by atoms with E-state index < -0.39 is 0 Å². The van der Waals surface area contributed by atoms with Crippen molar-refractivity contribution < 1.29 is 14.3 Å². The van der Waals surface area contributed by atoms with Gasteiger partial charge in [0, 0.05) is 56.6 Å². The maximum atomic E-state index is 12.4. The third kappa shape index (κ3) is 6.41. The molecule has 0 radical (unpaired) electrons. The molecule has 3 heterocycles. The summed E-state index contributed by atoms with van der Waals surface area (Å²) in [5.41, 5.74) is 13.2. The van der Waals surface area contributed by atoms with Gasteiger partial charge < -0.3 is 25.6 Å². The molecule has 0 aromatic heterocycles. The number of nitrogens with zero attached hydrogens (tertiary/aromatic N) is 2. The zero-order valence-corrected chi connectivity index (χ0v) is 21.7. The van der Waals surface area contributed by atoms with Crippen molar-refractivity contribution in [2.75, 3.05) is 57.8 Å². The molecule has 2 fully saturated rings. The van der Waals surface area contributed by atoms with Crippen LogP contribution in [0.2, 0.25) is 0 Å². The molecule has 2 atom stereocenters. The molecular weight excluding hydrogens is 444 g/mol. The van der Waals surface area contributed by atoms with Gasteiger partial charge >= 0.3 is 6.09 Å². The van der Waals surface area contributed by atoms with Crippen LogP contribution in [0.1, 0.15) is 44.7 Å². The highest BCUT2D eigenvalue weighted by Crippen LogP contribution is 2.35. The highest BCUT2D eigenvalue weighted by Gasteiger charge is 2.34. The molecule has 1 aromatic carbocycles. The van der Waals surface area contributed by atoms with Gasteiger partial charge in [-0.25, -0.2) is 10.2 Å². The summed E-state index contributed by atoms with van der Waals surface area (Å²) in [4.78, 5) is 25.6. The van der Waals surface area contributed by atoms with Crippen LogP contribution in [0.5, 0.6) is 0 Å². The molecule has 9 heteroatoms. The molecule has 0 saturated carbocycles. The Balaban J connectivity index is 0.000000638. The topological polar surface area (TPSA) is 98.0 Å². The van der Waals surface area contributed by atoms with Gasteiger partial charge in [-0.15, -0.1) is 0 Å². The highest BCUT2D eigenvalue weighted by molar-refractivity contribution is 5.90. The fraction of sp³-hybridized carbons (Fsp3) is 0.615. The molecule has 2 saturated heterocycles. The van der Waals surface area contributed by atoms with Gasteiger partial charge in [0.15, 0.2) is 0 Å². The molecule has 194 valence electrons. The van der Waals surface area contributed by atoms with Crippen LogP contribution in [-0.4, -0.2) is 82.3 Å². The summed E-state index contributed by atoms with van der Waals surface area (Å²) < 4.78 is 5.49. The first-order valence-electron chi connectivity index (χ1n) is 13.0. The molecule has 1 aromatic rings. The molecule has 4 N–H and O–H groups in total. The second-order valence-corrected chi connectivity index (χ2v) is 8.81. The molecule has 1 amide bonds. The monoisotopic (exact) mass is 486 g/mol. The largest absolute Gasteiger partial charge is 0.443 e. The summed E-state index contributed by atoms with van der Waals surface area (Å²) >= 11 is 0. The number of anilines is 1. The van der Waals surface area contributed by atoms with Crippen molar-refractivity contribution in [2.45, 2.75) is 52.2 Å². The smallest absolute Gasteiger partial charge is 0.414 e. The molecule has 35 heavy (non-hydrogen) atoms. The number of cyclic esters (lactones) is 1. The van der Waals surface area contributed by atoms with E-state index >= 15 is 0 Å². The van der Waals surface area contributed by atoms with E-state index in [1.807, 2.05) is 20.9 Å².